The van der Waals surface area contributed by atoms with Crippen molar-refractivity contribution in [3.05, 3.63) is 277 Å². The summed E-state index contributed by atoms with van der Waals surface area (Å²) in [6, 6.07) is -49.6. The van der Waals surface area contributed by atoms with E-state index in [0.717, 1.165) is 0 Å². The fourth-order valence-electron chi connectivity index (χ4n) is 6.06. The molecule has 0 nitrogen and oxygen atoms in total. The molecule has 0 saturated carbocycles. The highest BCUT2D eigenvalue weighted by Crippen LogP contribution is 2.35. The molecule has 0 aliphatic rings. The van der Waals surface area contributed by atoms with Crippen LogP contribution in [-0.4, -0.2) is 0 Å². The second-order valence-electron chi connectivity index (χ2n) is 13.8. The van der Waals surface area contributed by atoms with Gasteiger partial charge in [-0.1, -0.05) is 253 Å². The molecule has 0 saturated heterocycles. The SMILES string of the molecule is [2H]c1c([2H])c([2H])c(-c2c([2H])c([2H])c(-c3c([2H])c([2H])c(-c4c([2H])c([2H])c([2H])c(-c5c([2H])c([2H])c([2H])c(-c6c([2H])c([2H])c(-c7c([2H])c([2H])c([2H])c(-c8c([2H])c([2H])c([2H])c(-c9c([2H])c([2H])c(-c%10c([2H])c([2H])c(-c%11c([2H])c([2H])c(C)c([2H])c%11[2H])c([2H])c%10[2H])c([2H])c9[2H])c8[2H])c7[2H])c([2H])c6[2H])c5[2H])c4[2H])c([2H])c3[2H])c([2H])c2[2H])c([2H])c1[2H]. The Morgan fingerprint density at radius 3 is 0.537 bits per heavy atom. The third kappa shape index (κ3) is 9.07. The molecule has 0 N–H and O–H groups in total. The van der Waals surface area contributed by atoms with Gasteiger partial charge in [-0.2, -0.15) is 0 Å². The largest absolute Gasteiger partial charge is 0.0636 e. The van der Waals surface area contributed by atoms with Gasteiger partial charge in [0.2, 0.25) is 0 Å². The van der Waals surface area contributed by atoms with E-state index < -0.39 is 383 Å². The summed E-state index contributed by atoms with van der Waals surface area (Å²) in [5, 5.41) is 0. The third-order valence-corrected chi connectivity index (χ3v) is 9.38. The molecule has 0 atom stereocenters. The van der Waals surface area contributed by atoms with E-state index in [0.29, 0.717) is 0 Å². The van der Waals surface area contributed by atoms with E-state index in [1.807, 2.05) is 0 Å². The van der Waals surface area contributed by atoms with Gasteiger partial charge in [0.1, 0.15) is 0 Å². The first kappa shape index (κ1) is 15.0. The molecule has 0 unspecified atom stereocenters. The number of benzene rings is 11. The van der Waals surface area contributed by atoms with Crippen molar-refractivity contribution in [2.24, 2.45) is 0 Å². The topological polar surface area (TPSA) is 0 Å². The highest BCUT2D eigenvalue weighted by atomic mass is 14.1. The van der Waals surface area contributed by atoms with Gasteiger partial charge in [0.15, 0.2) is 0 Å². The van der Waals surface area contributed by atoms with Gasteiger partial charge in [-0.15, -0.1) is 0 Å². The fraction of sp³-hybridized carbons (Fsp3) is 0.0149. The zero-order valence-electron chi connectivity index (χ0n) is 79.0. The molecule has 11 aromatic carbocycles. The summed E-state index contributed by atoms with van der Waals surface area (Å²) in [5.41, 5.74) is -19.4. The summed E-state index contributed by atoms with van der Waals surface area (Å²) < 4.78 is 405. The average Bonchev–Trinajstić information content (AvgIpc) is 0.724. The molecule has 11 aromatic rings. The van der Waals surface area contributed by atoms with Crippen LogP contribution in [0.2, 0.25) is 0 Å². The van der Waals surface area contributed by atoms with Crippen LogP contribution < -0.4 is 0 Å². The van der Waals surface area contributed by atoms with Crippen molar-refractivity contribution in [2.75, 3.05) is 0 Å². The molecule has 0 aliphatic heterocycles. The van der Waals surface area contributed by atoms with Crippen molar-refractivity contribution < 1.29 is 61.7 Å². The Morgan fingerprint density at radius 2 is 0.313 bits per heavy atom. The first-order chi connectivity index (χ1) is 51.9. The van der Waals surface area contributed by atoms with Crippen LogP contribution in [0.4, 0.5) is 0 Å². The molecule has 67 heavy (non-hydrogen) atoms. The fourth-order valence-corrected chi connectivity index (χ4v) is 6.06. The number of rotatable bonds is 10. The molecule has 0 aromatic heterocycles. The van der Waals surface area contributed by atoms with Crippen LogP contribution in [0.5, 0.6) is 0 Å². The van der Waals surface area contributed by atoms with Crippen molar-refractivity contribution in [1.82, 2.24) is 0 Å². The zero-order valence-corrected chi connectivity index (χ0v) is 34.0. The monoisotopic (exact) mass is 898 g/mol. The van der Waals surface area contributed by atoms with Gasteiger partial charge < -0.3 is 0 Å². The van der Waals surface area contributed by atoms with Crippen molar-refractivity contribution in [3.8, 4) is 111 Å². The standard InChI is InChI=1S/C67H48/c1-47-19-21-49(22-20-47)51-27-29-53(30-28-51)55-33-37-57(38-34-55)61-12-6-16-65(44-61)67-18-8-14-63(46-67)59-41-39-58(40-42-59)62-13-7-17-66(45-62)64-15-5-11-60(43-64)56-35-31-54(32-36-56)52-25-23-50(24-26-52)48-9-3-2-4-10-48/h2-46H,1H3/i2D,3D,4D,5D,6D,7D,8D,9D,10D,11D,12D,13D,14D,15D,16D,17D,18D,19D,20D,21D,22D,23D,24D,25D,26D,27D,28D,29D,30D,31D,32D,33D,34D,35D,36D,37D,38D,39D,40D,41D,42D,43D,44D,45D,46D. The quantitative estimate of drug-likeness (QED) is 0.128. The normalized spacial score (nSPS) is 20.5. The summed E-state index contributed by atoms with van der Waals surface area (Å²) in [6.07, 6.45) is 0. The number of hydrogen-bond donors (Lipinski definition) is 0. The molecule has 0 bridgehead atoms. The van der Waals surface area contributed by atoms with Gasteiger partial charge in [-0.05, 0) is 142 Å². The summed E-state index contributed by atoms with van der Waals surface area (Å²) in [7, 11) is 0. The van der Waals surface area contributed by atoms with Crippen LogP contribution in [0.3, 0.4) is 0 Å². The van der Waals surface area contributed by atoms with E-state index in [1.54, 1.807) is 0 Å². The van der Waals surface area contributed by atoms with Gasteiger partial charge in [-0.3, -0.25) is 0 Å². The zero-order chi connectivity index (χ0) is 84.1. The smallest absolute Gasteiger partial charge is 0.0622 e. The van der Waals surface area contributed by atoms with Gasteiger partial charge in [0.25, 0.3) is 0 Å². The summed E-state index contributed by atoms with van der Waals surface area (Å²) in [5.74, 6) is 0. The lowest BCUT2D eigenvalue weighted by atomic mass is 9.93. The Morgan fingerprint density at radius 1 is 0.164 bits per heavy atom. The van der Waals surface area contributed by atoms with Gasteiger partial charge >= 0.3 is 0 Å². The molecule has 0 fully saturated rings. The van der Waals surface area contributed by atoms with Gasteiger partial charge in [0, 0.05) is 0 Å². The molecular formula is C67H48. The maximum Gasteiger partial charge on any atom is 0.0636 e. The Kier molecular flexibility index (Phi) is 4.13. The predicted molar refractivity (Wildman–Crippen MR) is 286 cm³/mol. The van der Waals surface area contributed by atoms with Gasteiger partial charge in [0.05, 0.1) is 61.7 Å². The second kappa shape index (κ2) is 18.5. The molecule has 0 radical (unpaired) electrons. The van der Waals surface area contributed by atoms with Crippen LogP contribution in [0.25, 0.3) is 111 Å². The van der Waals surface area contributed by atoms with E-state index in [-0.39, 0.29) is 5.56 Å². The Labute approximate surface area is 458 Å². The molecule has 0 heteroatoms. The molecule has 0 amide bonds. The van der Waals surface area contributed by atoms with Crippen molar-refractivity contribution in [1.29, 1.82) is 0 Å². The lowest BCUT2D eigenvalue weighted by molar-refractivity contribution is 1.47. The van der Waals surface area contributed by atoms with E-state index >= 15 is 0 Å². The first-order valence-corrected chi connectivity index (χ1v) is 19.5. The predicted octanol–water partition coefficient (Wildman–Crippen LogP) is 18.7. The molecular weight excluding hydrogens is 805 g/mol. The van der Waals surface area contributed by atoms with E-state index in [9.17, 15) is 19.2 Å². The first-order valence-electron chi connectivity index (χ1n) is 42.0. The maximum atomic E-state index is 9.61. The molecule has 0 heterocycles. The molecule has 11 rings (SSSR count). The summed E-state index contributed by atoms with van der Waals surface area (Å²) in [6.45, 7) is 1.28. The third-order valence-electron chi connectivity index (χ3n) is 9.38. The average molecular weight is 898 g/mol. The van der Waals surface area contributed by atoms with Gasteiger partial charge in [-0.25, -0.2) is 0 Å². The molecule has 0 spiro atoms. The van der Waals surface area contributed by atoms with Crippen LogP contribution in [0.1, 0.15) is 67.2 Å². The van der Waals surface area contributed by atoms with E-state index in [1.165, 1.54) is 6.92 Å². The maximum absolute atomic E-state index is 9.61. The molecule has 316 valence electrons. The minimum atomic E-state index is -1.30. The van der Waals surface area contributed by atoms with Crippen LogP contribution >= 0.6 is 0 Å². The Bertz CT molecular complexity index is 5620. The Balaban J connectivity index is 1.07. The van der Waals surface area contributed by atoms with Crippen LogP contribution in [0.15, 0.2) is 272 Å². The lowest BCUT2D eigenvalue weighted by Gasteiger charge is -2.11. The van der Waals surface area contributed by atoms with E-state index in [2.05, 4.69) is 0 Å². The van der Waals surface area contributed by atoms with Crippen molar-refractivity contribution in [2.45, 2.75) is 6.92 Å². The lowest BCUT2D eigenvalue weighted by Crippen LogP contribution is -1.86. The van der Waals surface area contributed by atoms with Crippen molar-refractivity contribution >= 4 is 0 Å². The highest BCUT2D eigenvalue weighted by Gasteiger charge is 2.10. The summed E-state index contributed by atoms with van der Waals surface area (Å²) in [4.78, 5) is 0. The Hall–Kier alpha value is -8.58. The van der Waals surface area contributed by atoms with Crippen molar-refractivity contribution in [3.63, 3.8) is 0 Å². The minimum Gasteiger partial charge on any atom is -0.0622 e. The second-order valence-corrected chi connectivity index (χ2v) is 13.8. The molecule has 0 aliphatic carbocycles. The minimum absolute atomic E-state index is 0.108. The highest BCUT2D eigenvalue weighted by molar-refractivity contribution is 5.82. The van der Waals surface area contributed by atoms with E-state index in [4.69, 9.17) is 42.5 Å². The summed E-state index contributed by atoms with van der Waals surface area (Å²) >= 11 is 0. The number of hydrogen-bond acceptors (Lipinski definition) is 0. The van der Waals surface area contributed by atoms with Crippen LogP contribution in [0, 0.1) is 6.92 Å². The van der Waals surface area contributed by atoms with Crippen LogP contribution in [-0.2, 0) is 0 Å².